The SMILES string of the molecule is Cn1nnnc1NCC12CC(C(=O)O)(C1)C2. The van der Waals surface area contributed by atoms with Gasteiger partial charge in [0.05, 0.1) is 5.41 Å². The van der Waals surface area contributed by atoms with Crippen LogP contribution < -0.4 is 5.32 Å². The number of nitrogens with zero attached hydrogens (tertiary/aromatic N) is 4. The minimum absolute atomic E-state index is 0.171. The van der Waals surface area contributed by atoms with Crippen LogP contribution in [0.3, 0.4) is 0 Å². The molecule has 7 nitrogen and oxygen atoms in total. The van der Waals surface area contributed by atoms with E-state index in [-0.39, 0.29) is 5.41 Å². The number of carboxylic acid groups (broad SMARTS) is 1. The van der Waals surface area contributed by atoms with Gasteiger partial charge in [0.1, 0.15) is 0 Å². The van der Waals surface area contributed by atoms with Gasteiger partial charge < -0.3 is 10.4 Å². The van der Waals surface area contributed by atoms with E-state index in [9.17, 15) is 4.79 Å². The van der Waals surface area contributed by atoms with Crippen molar-refractivity contribution in [2.45, 2.75) is 19.3 Å². The number of aliphatic carboxylic acids is 1. The lowest BCUT2D eigenvalue weighted by molar-refractivity contribution is -0.217. The molecule has 0 atom stereocenters. The first-order chi connectivity index (χ1) is 7.55. The number of aryl methyl sites for hydroxylation is 1. The number of hydrogen-bond donors (Lipinski definition) is 2. The predicted molar refractivity (Wildman–Crippen MR) is 53.6 cm³/mol. The molecule has 3 aliphatic rings. The molecule has 3 fully saturated rings. The summed E-state index contributed by atoms with van der Waals surface area (Å²) >= 11 is 0. The average Bonchev–Trinajstić information content (AvgIpc) is 2.46. The summed E-state index contributed by atoms with van der Waals surface area (Å²) in [7, 11) is 1.77. The monoisotopic (exact) mass is 223 g/mol. The first-order valence-electron chi connectivity index (χ1n) is 5.25. The maximum Gasteiger partial charge on any atom is 0.309 e. The smallest absolute Gasteiger partial charge is 0.309 e. The predicted octanol–water partition coefficient (Wildman–Crippen LogP) is -0.123. The standard InChI is InChI=1S/C9H13N5O2/c1-14-7(11-12-13-14)10-5-8-2-9(3-8,4-8)6(15)16/h2-5H2,1H3,(H,15,16)(H,10,11,13). The van der Waals surface area contributed by atoms with Crippen LogP contribution in [0.1, 0.15) is 19.3 Å². The van der Waals surface area contributed by atoms with Crippen LogP contribution in [-0.4, -0.2) is 37.8 Å². The number of carbonyl (C=O) groups is 1. The highest BCUT2D eigenvalue weighted by atomic mass is 16.4. The Hall–Kier alpha value is -1.66. The summed E-state index contributed by atoms with van der Waals surface area (Å²) in [5.74, 6) is -0.0104. The van der Waals surface area contributed by atoms with Crippen molar-refractivity contribution in [1.82, 2.24) is 20.2 Å². The molecule has 7 heteroatoms. The van der Waals surface area contributed by atoms with Crippen molar-refractivity contribution < 1.29 is 9.90 Å². The molecule has 0 aromatic carbocycles. The second-order valence-electron chi connectivity index (χ2n) is 5.10. The summed E-state index contributed by atoms with van der Waals surface area (Å²) in [6.45, 7) is 0.760. The molecule has 16 heavy (non-hydrogen) atoms. The van der Waals surface area contributed by atoms with Gasteiger partial charge in [0, 0.05) is 13.6 Å². The molecule has 3 aliphatic carbocycles. The topological polar surface area (TPSA) is 92.9 Å². The Morgan fingerprint density at radius 3 is 2.75 bits per heavy atom. The van der Waals surface area contributed by atoms with Gasteiger partial charge in [-0.25, -0.2) is 4.68 Å². The Balaban J connectivity index is 1.57. The fraction of sp³-hybridized carbons (Fsp3) is 0.778. The average molecular weight is 223 g/mol. The Kier molecular flexibility index (Phi) is 1.62. The van der Waals surface area contributed by atoms with Gasteiger partial charge in [-0.1, -0.05) is 5.10 Å². The van der Waals surface area contributed by atoms with Crippen LogP contribution in [0.15, 0.2) is 0 Å². The van der Waals surface area contributed by atoms with Gasteiger partial charge in [-0.15, -0.1) is 0 Å². The minimum atomic E-state index is -0.644. The van der Waals surface area contributed by atoms with Gasteiger partial charge in [0.15, 0.2) is 0 Å². The second-order valence-corrected chi connectivity index (χ2v) is 5.10. The van der Waals surface area contributed by atoms with Crippen LogP contribution in [0.4, 0.5) is 5.95 Å². The molecular formula is C9H13N5O2. The van der Waals surface area contributed by atoms with E-state index < -0.39 is 11.4 Å². The summed E-state index contributed by atoms with van der Waals surface area (Å²) in [5, 5.41) is 23.2. The van der Waals surface area contributed by atoms with Crippen molar-refractivity contribution in [3.8, 4) is 0 Å². The van der Waals surface area contributed by atoms with Crippen molar-refractivity contribution in [2.75, 3.05) is 11.9 Å². The van der Waals surface area contributed by atoms with Crippen LogP contribution in [0.2, 0.25) is 0 Å². The van der Waals surface area contributed by atoms with E-state index in [1.165, 1.54) is 0 Å². The third-order valence-electron chi connectivity index (χ3n) is 3.84. The molecule has 0 spiro atoms. The fourth-order valence-electron chi connectivity index (χ4n) is 3.06. The lowest BCUT2D eigenvalue weighted by atomic mass is 9.35. The van der Waals surface area contributed by atoms with E-state index in [2.05, 4.69) is 20.8 Å². The van der Waals surface area contributed by atoms with E-state index >= 15 is 0 Å². The van der Waals surface area contributed by atoms with Crippen molar-refractivity contribution in [3.63, 3.8) is 0 Å². The van der Waals surface area contributed by atoms with Gasteiger partial charge in [-0.2, -0.15) is 0 Å². The van der Waals surface area contributed by atoms with Crippen LogP contribution in [-0.2, 0) is 11.8 Å². The molecule has 86 valence electrons. The highest BCUT2D eigenvalue weighted by Gasteiger charge is 2.71. The van der Waals surface area contributed by atoms with E-state index in [0.717, 1.165) is 25.8 Å². The number of aromatic nitrogens is 4. The molecule has 0 aliphatic heterocycles. The molecule has 0 saturated heterocycles. The van der Waals surface area contributed by atoms with Gasteiger partial charge in [-0.05, 0) is 35.1 Å². The zero-order valence-electron chi connectivity index (χ0n) is 8.97. The highest BCUT2D eigenvalue weighted by molar-refractivity contribution is 5.79. The van der Waals surface area contributed by atoms with Gasteiger partial charge in [0.2, 0.25) is 5.95 Å². The van der Waals surface area contributed by atoms with E-state index in [0.29, 0.717) is 5.95 Å². The molecule has 2 N–H and O–H groups in total. The third kappa shape index (κ3) is 1.08. The number of carboxylic acids is 1. The highest BCUT2D eigenvalue weighted by Crippen LogP contribution is 2.73. The first-order valence-corrected chi connectivity index (χ1v) is 5.25. The van der Waals surface area contributed by atoms with Crippen molar-refractivity contribution in [2.24, 2.45) is 17.9 Å². The van der Waals surface area contributed by atoms with Crippen LogP contribution in [0.5, 0.6) is 0 Å². The minimum Gasteiger partial charge on any atom is -0.481 e. The summed E-state index contributed by atoms with van der Waals surface area (Å²) < 4.78 is 1.57. The molecule has 0 unspecified atom stereocenters. The summed E-state index contributed by atoms with van der Waals surface area (Å²) in [5.41, 5.74) is -0.232. The quantitative estimate of drug-likeness (QED) is 0.739. The summed E-state index contributed by atoms with van der Waals surface area (Å²) in [4.78, 5) is 10.9. The number of tetrazole rings is 1. The maximum absolute atomic E-state index is 10.9. The van der Waals surface area contributed by atoms with Gasteiger partial charge >= 0.3 is 5.97 Å². The number of rotatable bonds is 4. The summed E-state index contributed by atoms with van der Waals surface area (Å²) in [6.07, 6.45) is 2.36. The van der Waals surface area contributed by atoms with Gasteiger partial charge in [-0.3, -0.25) is 4.79 Å². The molecule has 1 aromatic rings. The third-order valence-corrected chi connectivity index (χ3v) is 3.84. The van der Waals surface area contributed by atoms with Crippen LogP contribution in [0, 0.1) is 10.8 Å². The van der Waals surface area contributed by atoms with Crippen molar-refractivity contribution >= 4 is 11.9 Å². The van der Waals surface area contributed by atoms with Crippen LogP contribution >= 0.6 is 0 Å². The van der Waals surface area contributed by atoms with E-state index in [1.54, 1.807) is 11.7 Å². The van der Waals surface area contributed by atoms with Crippen LogP contribution in [0.25, 0.3) is 0 Å². The Morgan fingerprint density at radius 1 is 1.56 bits per heavy atom. The van der Waals surface area contributed by atoms with E-state index in [1.807, 2.05) is 0 Å². The second kappa shape index (κ2) is 2.72. The maximum atomic E-state index is 10.9. The Labute approximate surface area is 91.8 Å². The zero-order valence-corrected chi connectivity index (χ0v) is 8.97. The fourth-order valence-corrected chi connectivity index (χ4v) is 3.06. The first kappa shape index (κ1) is 9.56. The molecule has 0 amide bonds. The molecule has 4 rings (SSSR count). The van der Waals surface area contributed by atoms with Crippen molar-refractivity contribution in [3.05, 3.63) is 0 Å². The lowest BCUT2D eigenvalue weighted by Gasteiger charge is -2.68. The molecule has 2 bridgehead atoms. The lowest BCUT2D eigenvalue weighted by Crippen LogP contribution is -2.67. The zero-order chi connectivity index (χ0) is 11.4. The molecule has 1 aromatic heterocycles. The van der Waals surface area contributed by atoms with Crippen molar-refractivity contribution in [1.29, 1.82) is 0 Å². The molecule has 1 heterocycles. The Bertz CT molecular complexity index is 435. The largest absolute Gasteiger partial charge is 0.481 e. The number of nitrogens with one attached hydrogen (secondary N) is 1. The summed E-state index contributed by atoms with van der Waals surface area (Å²) in [6, 6.07) is 0. The van der Waals surface area contributed by atoms with Gasteiger partial charge in [0.25, 0.3) is 0 Å². The Morgan fingerprint density at radius 2 is 2.25 bits per heavy atom. The normalized spacial score (nSPS) is 35.1. The number of anilines is 1. The molecule has 0 radical (unpaired) electrons. The molecule has 3 saturated carbocycles. The van der Waals surface area contributed by atoms with E-state index in [4.69, 9.17) is 5.11 Å². The number of hydrogen-bond acceptors (Lipinski definition) is 5. The molecular weight excluding hydrogens is 210 g/mol.